The number of ether oxygens (including phenoxy) is 2. The maximum absolute atomic E-state index is 12.5. The first kappa shape index (κ1) is 17.9. The average molecular weight is 371 g/mol. The fraction of sp³-hybridized carbons (Fsp3) is 0.118. The van der Waals surface area contributed by atoms with E-state index in [9.17, 15) is 24.0 Å². The van der Waals surface area contributed by atoms with Crippen molar-refractivity contribution in [1.29, 1.82) is 0 Å². The van der Waals surface area contributed by atoms with Crippen molar-refractivity contribution in [3.8, 4) is 5.69 Å². The second-order valence-electron chi connectivity index (χ2n) is 5.53. The number of carbonyl (C=O) groups is 4. The summed E-state index contributed by atoms with van der Waals surface area (Å²) in [5.74, 6) is -3.31. The van der Waals surface area contributed by atoms with Crippen molar-refractivity contribution in [2.45, 2.75) is 0 Å². The van der Waals surface area contributed by atoms with E-state index >= 15 is 0 Å². The number of aromatic nitrogens is 1. The molecule has 0 saturated carbocycles. The summed E-state index contributed by atoms with van der Waals surface area (Å²) < 4.78 is 10.2. The molecule has 0 aliphatic carbocycles. The highest BCUT2D eigenvalue weighted by atomic mass is 16.5. The molecule has 138 valence electrons. The number of fused-ring (bicyclic) bond motifs is 1. The van der Waals surface area contributed by atoms with Crippen LogP contribution in [0.25, 0.3) is 5.69 Å². The van der Waals surface area contributed by atoms with Crippen molar-refractivity contribution in [2.24, 2.45) is 0 Å². The van der Waals surface area contributed by atoms with Crippen molar-refractivity contribution in [1.82, 2.24) is 9.88 Å². The van der Waals surface area contributed by atoms with Crippen molar-refractivity contribution in [3.63, 3.8) is 0 Å². The zero-order valence-corrected chi connectivity index (χ0v) is 14.2. The van der Waals surface area contributed by atoms with Crippen LogP contribution in [0.1, 0.15) is 41.4 Å². The summed E-state index contributed by atoms with van der Waals surface area (Å²) in [6.45, 7) is 0. The number of pyridine rings is 1. The van der Waals surface area contributed by atoms with E-state index in [1.807, 2.05) is 5.32 Å². The minimum atomic E-state index is -0.761. The number of nitrogen functional groups attached to an aromatic ring is 1. The highest BCUT2D eigenvalue weighted by Gasteiger charge is 2.32. The number of hydrogen-bond acceptors (Lipinski definition) is 8. The van der Waals surface area contributed by atoms with Crippen LogP contribution in [0.2, 0.25) is 0 Å². The van der Waals surface area contributed by atoms with E-state index in [1.54, 1.807) is 0 Å². The van der Waals surface area contributed by atoms with Crippen LogP contribution in [0, 0.1) is 0 Å². The summed E-state index contributed by atoms with van der Waals surface area (Å²) in [6.07, 6.45) is 0. The molecule has 1 aromatic heterocycles. The van der Waals surface area contributed by atoms with Crippen LogP contribution < -0.4 is 16.6 Å². The smallest absolute Gasteiger partial charge is 0.337 e. The van der Waals surface area contributed by atoms with Crippen LogP contribution in [0.4, 0.5) is 5.82 Å². The Kier molecular flexibility index (Phi) is 4.24. The minimum Gasteiger partial charge on any atom is -0.465 e. The van der Waals surface area contributed by atoms with E-state index in [0.29, 0.717) is 0 Å². The number of imide groups is 1. The van der Waals surface area contributed by atoms with Gasteiger partial charge >= 0.3 is 11.9 Å². The van der Waals surface area contributed by atoms with Crippen LogP contribution in [-0.4, -0.2) is 42.5 Å². The van der Waals surface area contributed by atoms with Gasteiger partial charge in [-0.1, -0.05) is 0 Å². The molecule has 10 heteroatoms. The molecule has 1 aromatic carbocycles. The maximum atomic E-state index is 12.5. The van der Waals surface area contributed by atoms with Crippen LogP contribution in [-0.2, 0) is 9.47 Å². The summed E-state index contributed by atoms with van der Waals surface area (Å²) in [5.41, 5.74) is 4.87. The number of benzene rings is 1. The van der Waals surface area contributed by atoms with Gasteiger partial charge in [-0.25, -0.2) is 9.59 Å². The first-order valence-electron chi connectivity index (χ1n) is 7.51. The average Bonchev–Trinajstić information content (AvgIpc) is 2.93. The van der Waals surface area contributed by atoms with E-state index in [-0.39, 0.29) is 33.8 Å². The van der Waals surface area contributed by atoms with Gasteiger partial charge in [0.05, 0.1) is 42.2 Å². The number of esters is 2. The number of hydrogen-bond donors (Lipinski definition) is 2. The molecule has 3 rings (SSSR count). The zero-order valence-electron chi connectivity index (χ0n) is 14.2. The number of nitrogens with two attached hydrogens (primary N) is 1. The molecule has 2 heterocycles. The summed E-state index contributed by atoms with van der Waals surface area (Å²) >= 11 is 0. The topological polar surface area (TPSA) is 147 Å². The second-order valence-corrected chi connectivity index (χ2v) is 5.53. The quantitative estimate of drug-likeness (QED) is 0.560. The molecule has 2 amide bonds. The normalized spacial score (nSPS) is 12.4. The fourth-order valence-corrected chi connectivity index (χ4v) is 2.76. The lowest BCUT2D eigenvalue weighted by atomic mass is 10.1. The van der Waals surface area contributed by atoms with Gasteiger partial charge in [0.2, 0.25) is 0 Å². The third-order valence-electron chi connectivity index (χ3n) is 3.97. The molecule has 1 aliphatic rings. The number of carbonyl (C=O) groups excluding carboxylic acids is 4. The monoisotopic (exact) mass is 371 g/mol. The number of rotatable bonds is 3. The Hall–Kier alpha value is -3.95. The third-order valence-corrected chi connectivity index (χ3v) is 3.97. The first-order chi connectivity index (χ1) is 12.8. The molecular weight excluding hydrogens is 358 g/mol. The van der Waals surface area contributed by atoms with E-state index in [2.05, 4.69) is 9.47 Å². The minimum absolute atomic E-state index is 0.0238. The molecule has 2 aromatic rings. The number of amides is 2. The Morgan fingerprint density at radius 1 is 0.926 bits per heavy atom. The van der Waals surface area contributed by atoms with Gasteiger partial charge in [-0.15, -0.1) is 0 Å². The third kappa shape index (κ3) is 2.82. The Balaban J connectivity index is 2.31. The van der Waals surface area contributed by atoms with Crippen molar-refractivity contribution >= 4 is 29.6 Å². The molecule has 0 atom stereocenters. The second kappa shape index (κ2) is 6.41. The number of methoxy groups -OCH3 is 2. The highest BCUT2D eigenvalue weighted by Crippen LogP contribution is 2.24. The van der Waals surface area contributed by atoms with Gasteiger partial charge in [0.15, 0.2) is 0 Å². The van der Waals surface area contributed by atoms with E-state index in [4.69, 9.17) is 5.73 Å². The number of anilines is 1. The SMILES string of the molecule is COC(=O)c1cc(C(=O)OC)cc(-n2c(N)c3c(cc2=O)C(=O)NC3=O)c1. The molecule has 0 bridgehead atoms. The summed E-state index contributed by atoms with van der Waals surface area (Å²) in [4.78, 5) is 60.0. The predicted octanol–water partition coefficient (Wildman–Crippen LogP) is -0.123. The summed E-state index contributed by atoms with van der Waals surface area (Å²) in [5, 5.41) is 2.05. The Labute approximate surface area is 151 Å². The van der Waals surface area contributed by atoms with E-state index in [1.165, 1.54) is 18.2 Å². The lowest BCUT2D eigenvalue weighted by Crippen LogP contribution is -2.24. The Bertz CT molecular complexity index is 1050. The van der Waals surface area contributed by atoms with Crippen LogP contribution in [0.3, 0.4) is 0 Å². The number of nitrogens with zero attached hydrogens (tertiary/aromatic N) is 1. The molecule has 0 saturated heterocycles. The van der Waals surface area contributed by atoms with Gasteiger partial charge in [-0.2, -0.15) is 0 Å². The van der Waals surface area contributed by atoms with Gasteiger partial charge in [-0.3, -0.25) is 24.3 Å². The molecule has 10 nitrogen and oxygen atoms in total. The predicted molar refractivity (Wildman–Crippen MR) is 90.9 cm³/mol. The molecule has 3 N–H and O–H groups in total. The van der Waals surface area contributed by atoms with Gasteiger partial charge in [-0.05, 0) is 18.2 Å². The Morgan fingerprint density at radius 3 is 2.00 bits per heavy atom. The molecule has 0 spiro atoms. The van der Waals surface area contributed by atoms with Gasteiger partial charge in [0.1, 0.15) is 5.82 Å². The van der Waals surface area contributed by atoms with Gasteiger partial charge in [0, 0.05) is 6.07 Å². The van der Waals surface area contributed by atoms with E-state index < -0.39 is 29.3 Å². The van der Waals surface area contributed by atoms with Crippen molar-refractivity contribution in [3.05, 3.63) is 56.9 Å². The molecule has 0 fully saturated rings. The van der Waals surface area contributed by atoms with Crippen LogP contribution >= 0.6 is 0 Å². The Morgan fingerprint density at radius 2 is 1.48 bits per heavy atom. The standard InChI is InChI=1S/C17H13N3O7/c1-26-16(24)7-3-8(17(25)27-2)5-9(4-7)20-11(21)6-10-12(13(20)18)15(23)19-14(10)22/h3-6H,18H2,1-2H3,(H,19,22,23). The summed E-state index contributed by atoms with van der Waals surface area (Å²) in [7, 11) is 2.30. The van der Waals surface area contributed by atoms with Crippen molar-refractivity contribution < 1.29 is 28.7 Å². The summed E-state index contributed by atoms with van der Waals surface area (Å²) in [6, 6.07) is 4.70. The largest absolute Gasteiger partial charge is 0.465 e. The molecule has 0 unspecified atom stereocenters. The lowest BCUT2D eigenvalue weighted by molar-refractivity contribution is 0.0598. The molecular formula is C17H13N3O7. The maximum Gasteiger partial charge on any atom is 0.337 e. The first-order valence-corrected chi connectivity index (χ1v) is 7.51. The zero-order chi connectivity index (χ0) is 19.9. The van der Waals surface area contributed by atoms with Gasteiger partial charge in [0.25, 0.3) is 17.4 Å². The molecule has 27 heavy (non-hydrogen) atoms. The molecule has 1 aliphatic heterocycles. The fourth-order valence-electron chi connectivity index (χ4n) is 2.76. The van der Waals surface area contributed by atoms with Gasteiger partial charge < -0.3 is 15.2 Å². The number of nitrogens with one attached hydrogen (secondary N) is 1. The van der Waals surface area contributed by atoms with E-state index in [0.717, 1.165) is 24.9 Å². The lowest BCUT2D eigenvalue weighted by Gasteiger charge is -2.14. The highest BCUT2D eigenvalue weighted by molar-refractivity contribution is 6.23. The molecule has 0 radical (unpaired) electrons. The van der Waals surface area contributed by atoms with Crippen molar-refractivity contribution in [2.75, 3.05) is 20.0 Å². The van der Waals surface area contributed by atoms with Crippen LogP contribution in [0.15, 0.2) is 29.1 Å². The van der Waals surface area contributed by atoms with Crippen LogP contribution in [0.5, 0.6) is 0 Å².